The summed E-state index contributed by atoms with van der Waals surface area (Å²) in [5.41, 5.74) is 5.89. The first-order valence-corrected chi connectivity index (χ1v) is 7.61. The number of benzene rings is 3. The molecule has 3 aromatic rings. The quantitative estimate of drug-likeness (QED) is 0.520. The fourth-order valence-corrected chi connectivity index (χ4v) is 2.12. The number of hydrogen-bond donors (Lipinski definition) is 1. The van der Waals surface area contributed by atoms with Crippen LogP contribution in [0.25, 0.3) is 0 Å². The van der Waals surface area contributed by atoms with Gasteiger partial charge in [0.25, 0.3) is 0 Å². The molecule has 3 nitrogen and oxygen atoms in total. The van der Waals surface area contributed by atoms with Gasteiger partial charge in [-0.05, 0) is 35.4 Å². The third kappa shape index (κ3) is 4.68. The van der Waals surface area contributed by atoms with Crippen LogP contribution in [0.15, 0.2) is 84.0 Å². The van der Waals surface area contributed by atoms with E-state index in [-0.39, 0.29) is 5.82 Å². The van der Waals surface area contributed by atoms with Crippen molar-refractivity contribution in [1.82, 2.24) is 0 Å². The van der Waals surface area contributed by atoms with E-state index in [1.54, 1.807) is 18.3 Å². The Labute approximate surface area is 140 Å². The minimum absolute atomic E-state index is 0.301. The van der Waals surface area contributed by atoms with Gasteiger partial charge in [-0.15, -0.1) is 0 Å². The summed E-state index contributed by atoms with van der Waals surface area (Å²) in [4.78, 5) is 0. The molecule has 0 saturated carbocycles. The molecule has 0 spiro atoms. The second-order valence-electron chi connectivity index (χ2n) is 5.22. The van der Waals surface area contributed by atoms with Gasteiger partial charge in [-0.25, -0.2) is 4.39 Å². The van der Waals surface area contributed by atoms with Gasteiger partial charge >= 0.3 is 0 Å². The lowest BCUT2D eigenvalue weighted by Gasteiger charge is -2.06. The van der Waals surface area contributed by atoms with Crippen LogP contribution in [0, 0.1) is 5.82 Å². The Morgan fingerprint density at radius 2 is 1.71 bits per heavy atom. The van der Waals surface area contributed by atoms with Crippen LogP contribution in [0.3, 0.4) is 0 Å². The van der Waals surface area contributed by atoms with Gasteiger partial charge in [0.1, 0.15) is 18.2 Å². The molecule has 120 valence electrons. The zero-order valence-electron chi connectivity index (χ0n) is 13.0. The molecule has 0 unspecified atom stereocenters. The summed E-state index contributed by atoms with van der Waals surface area (Å²) in [7, 11) is 0. The molecule has 0 saturated heterocycles. The normalized spacial score (nSPS) is 10.7. The van der Waals surface area contributed by atoms with Crippen molar-refractivity contribution >= 4 is 11.9 Å². The molecule has 4 heteroatoms. The molecule has 0 aromatic heterocycles. The highest BCUT2D eigenvalue weighted by atomic mass is 19.1. The Balaban J connectivity index is 1.53. The van der Waals surface area contributed by atoms with Crippen LogP contribution in [0.2, 0.25) is 0 Å². The minimum atomic E-state index is -0.301. The Kier molecular flexibility index (Phi) is 5.20. The van der Waals surface area contributed by atoms with E-state index in [9.17, 15) is 4.39 Å². The molecular weight excluding hydrogens is 303 g/mol. The first-order chi connectivity index (χ1) is 11.8. The van der Waals surface area contributed by atoms with Crippen molar-refractivity contribution in [2.75, 3.05) is 5.43 Å². The number of halogens is 1. The second-order valence-corrected chi connectivity index (χ2v) is 5.22. The van der Waals surface area contributed by atoms with Gasteiger partial charge in [0.15, 0.2) is 0 Å². The maximum atomic E-state index is 13.1. The molecule has 24 heavy (non-hydrogen) atoms. The summed E-state index contributed by atoms with van der Waals surface area (Å²) in [6.45, 7) is 0.392. The van der Waals surface area contributed by atoms with Gasteiger partial charge in [-0.1, -0.05) is 48.5 Å². The van der Waals surface area contributed by atoms with Gasteiger partial charge in [-0.3, -0.25) is 5.43 Å². The van der Waals surface area contributed by atoms with E-state index in [0.717, 1.165) is 16.8 Å². The predicted octanol–water partition coefficient (Wildman–Crippen LogP) is 4.85. The van der Waals surface area contributed by atoms with E-state index in [2.05, 4.69) is 10.5 Å². The SMILES string of the molecule is Fc1cccc(OCc2ccc(C=NNc3ccccc3)cc2)c1. The topological polar surface area (TPSA) is 33.6 Å². The number of nitrogens with one attached hydrogen (secondary N) is 1. The average Bonchev–Trinajstić information content (AvgIpc) is 2.62. The monoisotopic (exact) mass is 320 g/mol. The smallest absolute Gasteiger partial charge is 0.126 e. The summed E-state index contributed by atoms with van der Waals surface area (Å²) in [6.07, 6.45) is 1.75. The number of hydrazone groups is 1. The van der Waals surface area contributed by atoms with Crippen molar-refractivity contribution in [3.05, 3.63) is 95.8 Å². The van der Waals surface area contributed by atoms with Crippen LogP contribution >= 0.6 is 0 Å². The second kappa shape index (κ2) is 7.92. The Morgan fingerprint density at radius 1 is 0.917 bits per heavy atom. The Morgan fingerprint density at radius 3 is 2.46 bits per heavy atom. The van der Waals surface area contributed by atoms with Crippen molar-refractivity contribution < 1.29 is 9.13 Å². The van der Waals surface area contributed by atoms with Crippen molar-refractivity contribution in [3.8, 4) is 5.75 Å². The molecule has 0 bridgehead atoms. The van der Waals surface area contributed by atoms with E-state index < -0.39 is 0 Å². The standard InChI is InChI=1S/C20H17FN2O/c21-18-5-4-8-20(13-18)24-15-17-11-9-16(10-12-17)14-22-23-19-6-2-1-3-7-19/h1-14,23H,15H2. The molecule has 3 rings (SSSR count). The fourth-order valence-electron chi connectivity index (χ4n) is 2.12. The fraction of sp³-hybridized carbons (Fsp3) is 0.0500. The highest BCUT2D eigenvalue weighted by Crippen LogP contribution is 2.14. The lowest BCUT2D eigenvalue weighted by atomic mass is 10.1. The maximum Gasteiger partial charge on any atom is 0.126 e. The molecule has 0 atom stereocenters. The van der Waals surface area contributed by atoms with Crippen LogP contribution in [-0.2, 0) is 6.61 Å². The summed E-state index contributed by atoms with van der Waals surface area (Å²) >= 11 is 0. The highest BCUT2D eigenvalue weighted by Gasteiger charge is 1.98. The van der Waals surface area contributed by atoms with E-state index in [1.165, 1.54) is 12.1 Å². The van der Waals surface area contributed by atoms with Crippen LogP contribution in [0.1, 0.15) is 11.1 Å². The first kappa shape index (κ1) is 15.7. The van der Waals surface area contributed by atoms with Crippen molar-refractivity contribution in [2.24, 2.45) is 5.10 Å². The number of hydrogen-bond acceptors (Lipinski definition) is 3. The van der Waals surface area contributed by atoms with Crippen molar-refractivity contribution in [1.29, 1.82) is 0 Å². The molecule has 0 aliphatic carbocycles. The molecule has 0 aliphatic rings. The summed E-state index contributed by atoms with van der Waals surface area (Å²) < 4.78 is 18.7. The molecule has 0 radical (unpaired) electrons. The lowest BCUT2D eigenvalue weighted by molar-refractivity contribution is 0.304. The molecule has 0 aliphatic heterocycles. The Bertz CT molecular complexity index is 801. The van der Waals surface area contributed by atoms with Gasteiger partial charge in [0.05, 0.1) is 11.9 Å². The van der Waals surface area contributed by atoms with Crippen molar-refractivity contribution in [2.45, 2.75) is 6.61 Å². The molecule has 0 heterocycles. The van der Waals surface area contributed by atoms with Crippen LogP contribution in [-0.4, -0.2) is 6.21 Å². The van der Waals surface area contributed by atoms with Crippen molar-refractivity contribution in [3.63, 3.8) is 0 Å². The van der Waals surface area contributed by atoms with Gasteiger partial charge in [0.2, 0.25) is 0 Å². The molecule has 0 amide bonds. The number of rotatable bonds is 6. The number of ether oxygens (including phenoxy) is 1. The zero-order valence-corrected chi connectivity index (χ0v) is 13.0. The number of anilines is 1. The van der Waals surface area contributed by atoms with E-state index >= 15 is 0 Å². The van der Waals surface area contributed by atoms with E-state index in [1.807, 2.05) is 54.6 Å². The zero-order chi connectivity index (χ0) is 16.6. The van der Waals surface area contributed by atoms with E-state index in [4.69, 9.17) is 4.74 Å². The van der Waals surface area contributed by atoms with Crippen LogP contribution in [0.4, 0.5) is 10.1 Å². The van der Waals surface area contributed by atoms with Gasteiger partial charge in [0, 0.05) is 6.07 Å². The average molecular weight is 320 g/mol. The largest absolute Gasteiger partial charge is 0.489 e. The Hall–Kier alpha value is -3.14. The van der Waals surface area contributed by atoms with E-state index in [0.29, 0.717) is 12.4 Å². The summed E-state index contributed by atoms with van der Waals surface area (Å²) in [6, 6.07) is 23.7. The molecule has 3 aromatic carbocycles. The highest BCUT2D eigenvalue weighted by molar-refractivity contribution is 5.80. The summed E-state index contributed by atoms with van der Waals surface area (Å²) in [5.74, 6) is 0.220. The first-order valence-electron chi connectivity index (χ1n) is 7.61. The van der Waals surface area contributed by atoms with Crippen LogP contribution in [0.5, 0.6) is 5.75 Å². The molecular formula is C20H17FN2O. The van der Waals surface area contributed by atoms with Gasteiger partial charge < -0.3 is 4.74 Å². The maximum absolute atomic E-state index is 13.1. The predicted molar refractivity (Wildman–Crippen MR) is 94.8 cm³/mol. The molecule has 0 fully saturated rings. The van der Waals surface area contributed by atoms with Gasteiger partial charge in [-0.2, -0.15) is 5.10 Å². The summed E-state index contributed by atoms with van der Waals surface area (Å²) in [5, 5.41) is 4.20. The third-order valence-electron chi connectivity index (χ3n) is 3.36. The third-order valence-corrected chi connectivity index (χ3v) is 3.36. The van der Waals surface area contributed by atoms with Crippen LogP contribution < -0.4 is 10.2 Å². The number of para-hydroxylation sites is 1. The molecule has 1 N–H and O–H groups in total. The minimum Gasteiger partial charge on any atom is -0.489 e. The lowest BCUT2D eigenvalue weighted by Crippen LogP contribution is -1.96. The number of nitrogens with zero attached hydrogens (tertiary/aromatic N) is 1.